The molecule has 1 aromatic rings. The molecule has 1 unspecified atom stereocenters. The minimum atomic E-state index is -1.17. The van der Waals surface area contributed by atoms with Crippen molar-refractivity contribution in [3.05, 3.63) is 47.0 Å². The summed E-state index contributed by atoms with van der Waals surface area (Å²) < 4.78 is 6.20. The van der Waals surface area contributed by atoms with Gasteiger partial charge in [-0.3, -0.25) is 19.3 Å². The number of benzene rings is 1. The van der Waals surface area contributed by atoms with Crippen LogP contribution < -0.4 is 0 Å². The van der Waals surface area contributed by atoms with E-state index < -0.39 is 28.9 Å². The lowest BCUT2D eigenvalue weighted by Crippen LogP contribution is -2.66. The average Bonchev–Trinajstić information content (AvgIpc) is 3.42. The highest BCUT2D eigenvalue weighted by molar-refractivity contribution is 6.00. The first kappa shape index (κ1) is 43.0. The molecular formula is C48H74N2O6. The van der Waals surface area contributed by atoms with Crippen LogP contribution >= 0.6 is 0 Å². The molecule has 8 heteroatoms. The van der Waals surface area contributed by atoms with Crippen LogP contribution in [0.2, 0.25) is 0 Å². The Labute approximate surface area is 338 Å². The summed E-state index contributed by atoms with van der Waals surface area (Å²) in [5.74, 6) is 0.0748. The minimum absolute atomic E-state index is 0.0161. The van der Waals surface area contributed by atoms with Gasteiger partial charge in [0.25, 0.3) is 0 Å². The lowest BCUT2D eigenvalue weighted by Gasteiger charge is -2.72. The first-order valence-corrected chi connectivity index (χ1v) is 21.8. The molecule has 0 bridgehead atoms. The molecule has 0 saturated heterocycles. The summed E-state index contributed by atoms with van der Waals surface area (Å²) in [5.41, 5.74) is 1.72. The van der Waals surface area contributed by atoms with E-state index >= 15 is 0 Å². The van der Waals surface area contributed by atoms with E-state index in [1.54, 1.807) is 13.8 Å². The number of hydrogen-bond acceptors (Lipinski definition) is 7. The van der Waals surface area contributed by atoms with Crippen molar-refractivity contribution in [1.29, 1.82) is 0 Å². The van der Waals surface area contributed by atoms with Gasteiger partial charge in [0.2, 0.25) is 0 Å². The van der Waals surface area contributed by atoms with Crippen molar-refractivity contribution in [3.63, 3.8) is 0 Å². The summed E-state index contributed by atoms with van der Waals surface area (Å²) in [6, 6.07) is 10.5. The number of likely N-dealkylation sites (N-methyl/N-ethyl adjacent to an activating group) is 1. The number of carbonyl (C=O) groups excluding carboxylic acids is 2. The number of carboxylic acid groups (broad SMARTS) is 1. The van der Waals surface area contributed by atoms with E-state index in [-0.39, 0.29) is 51.8 Å². The lowest BCUT2D eigenvalue weighted by molar-refractivity contribution is -0.235. The SMILES string of the molecule is CC(C)C1=C2[C@H]3CC[C@@H]4[C@@]5(C)CCC(OC(=O)CC(C)(C)C(=O)O)C(C)(C)[C@@H]5CC[C@@]4(C)[C@]3(C)CC[C@@]2([C@H](O)CN(CCN(C)C)Cc2ccccc2)CC1=O. The number of carbonyl (C=O) groups is 3. The molecule has 5 aliphatic carbocycles. The standard InChI is InChI=1S/C48H74N2O6/c1-31(2)40-34(51)27-48(37(52)30-50(26-25-49(10)11)29-32-15-13-12-14-16-32)24-23-46(8)33(41(40)48)17-18-36-45(7)21-20-38(56-39(53)28-43(3,4)42(54)55)44(5,6)35(45)19-22-47(36,46)9/h12-16,31,33,35-38,52H,17-30H2,1-11H3,(H,54,55)/t33-,35+,36-,37-,38?,45+,46-,47-,48+/m1/s1. The zero-order chi connectivity index (χ0) is 41.2. The third-order valence-corrected chi connectivity index (χ3v) is 17.0. The van der Waals surface area contributed by atoms with Gasteiger partial charge in [-0.05, 0) is 130 Å². The van der Waals surface area contributed by atoms with Crippen LogP contribution in [-0.2, 0) is 25.7 Å². The van der Waals surface area contributed by atoms with Gasteiger partial charge in [-0.2, -0.15) is 0 Å². The Bertz CT molecular complexity index is 1680. The van der Waals surface area contributed by atoms with Gasteiger partial charge in [-0.15, -0.1) is 0 Å². The number of hydrogen-bond donors (Lipinski definition) is 2. The number of fused-ring (bicyclic) bond motifs is 7. The van der Waals surface area contributed by atoms with Crippen molar-refractivity contribution in [2.24, 2.45) is 56.2 Å². The van der Waals surface area contributed by atoms with Crippen LogP contribution in [0.1, 0.15) is 132 Å². The number of allylic oxidation sites excluding steroid dienone is 1. The van der Waals surface area contributed by atoms with Crippen LogP contribution in [0.15, 0.2) is 41.5 Å². The molecule has 9 atom stereocenters. The number of Topliss-reactive ketones (excluding diaryl/α,β-unsaturated/α-hetero) is 1. The molecule has 4 saturated carbocycles. The average molecular weight is 775 g/mol. The molecule has 0 spiro atoms. The van der Waals surface area contributed by atoms with Crippen LogP contribution in [0, 0.1) is 56.2 Å². The Morgan fingerprint density at radius 2 is 1.57 bits per heavy atom. The summed E-state index contributed by atoms with van der Waals surface area (Å²) in [6.07, 6.45) is 7.28. The van der Waals surface area contributed by atoms with Gasteiger partial charge in [-0.25, -0.2) is 0 Å². The molecule has 0 heterocycles. The van der Waals surface area contributed by atoms with E-state index in [2.05, 4.69) is 96.6 Å². The van der Waals surface area contributed by atoms with Crippen LogP contribution in [-0.4, -0.2) is 83.7 Å². The fraction of sp³-hybridized carbons (Fsp3) is 0.771. The van der Waals surface area contributed by atoms with Crippen LogP contribution in [0.3, 0.4) is 0 Å². The molecule has 0 amide bonds. The zero-order valence-electron chi connectivity index (χ0n) is 36.7. The van der Waals surface area contributed by atoms with E-state index in [1.165, 1.54) is 11.1 Å². The first-order chi connectivity index (χ1) is 26.0. The van der Waals surface area contributed by atoms with Crippen LogP contribution in [0.4, 0.5) is 0 Å². The molecule has 0 aromatic heterocycles. The number of carboxylic acids is 1. The third-order valence-electron chi connectivity index (χ3n) is 17.0. The Balaban J connectivity index is 1.29. The molecule has 6 rings (SSSR count). The molecule has 2 N–H and O–H groups in total. The van der Waals surface area contributed by atoms with Gasteiger partial charge in [0.1, 0.15) is 6.10 Å². The molecule has 8 nitrogen and oxygen atoms in total. The number of ketones is 1. The highest BCUT2D eigenvalue weighted by atomic mass is 16.5. The van der Waals surface area contributed by atoms with E-state index in [0.717, 1.165) is 76.6 Å². The van der Waals surface area contributed by atoms with E-state index in [1.807, 2.05) is 6.07 Å². The maximum atomic E-state index is 14.3. The number of nitrogens with zero attached hydrogens (tertiary/aromatic N) is 2. The van der Waals surface area contributed by atoms with Crippen molar-refractivity contribution >= 4 is 17.7 Å². The maximum absolute atomic E-state index is 14.3. The molecule has 4 fully saturated rings. The number of ether oxygens (including phenoxy) is 1. The Morgan fingerprint density at radius 1 is 0.893 bits per heavy atom. The second-order valence-corrected chi connectivity index (χ2v) is 21.6. The Morgan fingerprint density at radius 3 is 2.20 bits per heavy atom. The molecule has 1 aromatic carbocycles. The molecule has 312 valence electrons. The predicted octanol–water partition coefficient (Wildman–Crippen LogP) is 8.80. The third kappa shape index (κ3) is 7.14. The van der Waals surface area contributed by atoms with Crippen molar-refractivity contribution < 1.29 is 29.3 Å². The summed E-state index contributed by atoms with van der Waals surface area (Å²) in [7, 11) is 4.20. The largest absolute Gasteiger partial charge is 0.481 e. The van der Waals surface area contributed by atoms with Gasteiger partial charge in [0.15, 0.2) is 5.78 Å². The number of aliphatic hydroxyl groups excluding tert-OH is 1. The molecule has 56 heavy (non-hydrogen) atoms. The quantitative estimate of drug-likeness (QED) is 0.192. The van der Waals surface area contributed by atoms with Crippen molar-refractivity contribution in [1.82, 2.24) is 9.80 Å². The fourth-order valence-corrected chi connectivity index (χ4v) is 13.7. The van der Waals surface area contributed by atoms with Crippen molar-refractivity contribution in [2.75, 3.05) is 33.7 Å². The fourth-order valence-electron chi connectivity index (χ4n) is 13.7. The topological polar surface area (TPSA) is 107 Å². The Hall–Kier alpha value is -2.55. The monoisotopic (exact) mass is 775 g/mol. The first-order valence-electron chi connectivity index (χ1n) is 21.8. The van der Waals surface area contributed by atoms with Gasteiger partial charge in [0, 0.05) is 43.4 Å². The van der Waals surface area contributed by atoms with E-state index in [4.69, 9.17) is 4.74 Å². The van der Waals surface area contributed by atoms with Crippen molar-refractivity contribution in [2.45, 2.75) is 145 Å². The highest BCUT2D eigenvalue weighted by Gasteiger charge is 2.71. The second-order valence-electron chi connectivity index (χ2n) is 21.6. The van der Waals surface area contributed by atoms with E-state index in [0.29, 0.717) is 24.8 Å². The van der Waals surface area contributed by atoms with Gasteiger partial charge < -0.3 is 19.8 Å². The van der Waals surface area contributed by atoms with Gasteiger partial charge in [-0.1, -0.05) is 84.4 Å². The van der Waals surface area contributed by atoms with Gasteiger partial charge in [0.05, 0.1) is 17.9 Å². The summed E-state index contributed by atoms with van der Waals surface area (Å²) in [6.45, 7) is 22.8. The summed E-state index contributed by atoms with van der Waals surface area (Å²) in [4.78, 5) is 43.8. The smallest absolute Gasteiger partial charge is 0.309 e. The molecular weight excluding hydrogens is 701 g/mol. The maximum Gasteiger partial charge on any atom is 0.309 e. The number of esters is 1. The van der Waals surface area contributed by atoms with Gasteiger partial charge >= 0.3 is 11.9 Å². The normalized spacial score (nSPS) is 35.9. The van der Waals surface area contributed by atoms with E-state index in [9.17, 15) is 24.6 Å². The number of rotatable bonds is 13. The highest BCUT2D eigenvalue weighted by Crippen LogP contribution is 2.77. The minimum Gasteiger partial charge on any atom is -0.481 e. The summed E-state index contributed by atoms with van der Waals surface area (Å²) in [5, 5.41) is 22.3. The lowest BCUT2D eigenvalue weighted by atomic mass is 9.33. The second kappa shape index (κ2) is 15.2. The molecule has 5 aliphatic rings. The molecule has 0 radical (unpaired) electrons. The zero-order valence-corrected chi connectivity index (χ0v) is 36.7. The van der Waals surface area contributed by atoms with Crippen LogP contribution in [0.25, 0.3) is 0 Å². The predicted molar refractivity (Wildman–Crippen MR) is 222 cm³/mol. The molecule has 0 aliphatic heterocycles. The summed E-state index contributed by atoms with van der Waals surface area (Å²) >= 11 is 0. The number of aliphatic hydroxyl groups is 1. The number of aliphatic carboxylic acids is 1. The Kier molecular flexibility index (Phi) is 11.7. The van der Waals surface area contributed by atoms with Crippen LogP contribution in [0.5, 0.6) is 0 Å². The van der Waals surface area contributed by atoms with Crippen molar-refractivity contribution in [3.8, 4) is 0 Å².